The van der Waals surface area contributed by atoms with Crippen LogP contribution in [0.15, 0.2) is 29.1 Å². The van der Waals surface area contributed by atoms with Crippen LogP contribution >= 0.6 is 0 Å². The summed E-state index contributed by atoms with van der Waals surface area (Å²) in [5.41, 5.74) is 1.82. The predicted octanol–water partition coefficient (Wildman–Crippen LogP) is 3.04. The fourth-order valence-electron chi connectivity index (χ4n) is 8.02. The lowest BCUT2D eigenvalue weighted by Gasteiger charge is -2.31. The first kappa shape index (κ1) is 64.5. The van der Waals surface area contributed by atoms with Crippen molar-refractivity contribution in [3.05, 3.63) is 56.9 Å². The Hall–Kier alpha value is -4.32. The maximum Gasteiger partial charge on any atom is 0.513 e. The van der Waals surface area contributed by atoms with Crippen molar-refractivity contribution in [2.45, 2.75) is 45.4 Å². The van der Waals surface area contributed by atoms with Crippen molar-refractivity contribution in [3.63, 3.8) is 0 Å². The Labute approximate surface area is 456 Å². The molecule has 1 N–H and O–H groups in total. The van der Waals surface area contributed by atoms with Crippen LogP contribution in [0.2, 0.25) is 0 Å². The monoisotopic (exact) mass is 1110 g/mol. The van der Waals surface area contributed by atoms with E-state index < -0.39 is 17.7 Å². The zero-order valence-electron chi connectivity index (χ0n) is 45.8. The second-order valence-corrected chi connectivity index (χ2v) is 17.3. The molecule has 0 amide bonds. The minimum atomic E-state index is -1.91. The Kier molecular flexibility index (Phi) is 32.4. The molecule has 0 saturated carbocycles. The Bertz CT molecular complexity index is 2210. The molecular weight excluding hydrogens is 1030 g/mol. The molecule has 3 aromatic rings. The number of nitrogens with zero attached hydrogens (tertiary/aromatic N) is 2. The van der Waals surface area contributed by atoms with Crippen molar-refractivity contribution in [1.82, 2.24) is 9.55 Å². The molecule has 0 radical (unpaired) electrons. The van der Waals surface area contributed by atoms with Gasteiger partial charge in [0.05, 0.1) is 221 Å². The second kappa shape index (κ2) is 39.1. The molecular formula is C54H82N2O22. The summed E-state index contributed by atoms with van der Waals surface area (Å²) in [5.74, 6) is -0.500. The topological polar surface area (TPSA) is 255 Å². The third-order valence-corrected chi connectivity index (χ3v) is 12.0. The van der Waals surface area contributed by atoms with Crippen LogP contribution in [0.5, 0.6) is 5.75 Å². The van der Waals surface area contributed by atoms with E-state index in [1.165, 1.54) is 0 Å². The van der Waals surface area contributed by atoms with E-state index in [0.717, 1.165) is 16.5 Å². The van der Waals surface area contributed by atoms with Crippen molar-refractivity contribution in [3.8, 4) is 17.1 Å². The van der Waals surface area contributed by atoms with Gasteiger partial charge in [0.15, 0.2) is 5.60 Å². The number of carbonyl (C=O) groups is 2. The minimum absolute atomic E-state index is 0.0157. The van der Waals surface area contributed by atoms with E-state index in [9.17, 15) is 19.5 Å². The van der Waals surface area contributed by atoms with E-state index in [0.29, 0.717) is 208 Å². The summed E-state index contributed by atoms with van der Waals surface area (Å²) in [6.07, 6.45) is -0.218. The number of benzene rings is 1. The first-order chi connectivity index (χ1) is 38.3. The van der Waals surface area contributed by atoms with Gasteiger partial charge in [0.2, 0.25) is 0 Å². The average Bonchev–Trinajstić information content (AvgIpc) is 4.06. The largest absolute Gasteiger partial charge is 0.513 e. The van der Waals surface area contributed by atoms with Gasteiger partial charge in [0.1, 0.15) is 19.0 Å². The summed E-state index contributed by atoms with van der Waals surface area (Å²) in [7, 11) is 1.64. The fraction of sp³-hybridized carbons (Fsp3) is 0.704. The summed E-state index contributed by atoms with van der Waals surface area (Å²) in [5, 5.41) is 12.0. The molecule has 0 bridgehead atoms. The molecule has 0 fully saturated rings. The van der Waals surface area contributed by atoms with Gasteiger partial charge in [0.25, 0.3) is 5.56 Å². The van der Waals surface area contributed by atoms with Crippen LogP contribution in [0.25, 0.3) is 22.3 Å². The first-order valence-electron chi connectivity index (χ1n) is 26.9. The van der Waals surface area contributed by atoms with E-state index >= 15 is 0 Å². The van der Waals surface area contributed by atoms with Crippen LogP contribution in [-0.2, 0) is 110 Å². The number of methoxy groups -OCH3 is 1. The molecule has 1 atom stereocenters. The summed E-state index contributed by atoms with van der Waals surface area (Å²) < 4.78 is 99.2. The molecule has 2 aromatic heterocycles. The van der Waals surface area contributed by atoms with Gasteiger partial charge in [-0.3, -0.25) is 4.79 Å². The first-order valence-corrected chi connectivity index (χ1v) is 26.9. The molecule has 4 heterocycles. The van der Waals surface area contributed by atoms with Gasteiger partial charge < -0.3 is 94.9 Å². The van der Waals surface area contributed by atoms with Crippen molar-refractivity contribution < 1.29 is 100.0 Å². The molecule has 2 aliphatic heterocycles. The number of fused-ring (bicyclic) bond motifs is 5. The highest BCUT2D eigenvalue weighted by atomic mass is 16.7. The maximum atomic E-state index is 13.6. The number of pyridine rings is 2. The number of aliphatic hydroxyl groups is 1. The molecule has 0 aliphatic carbocycles. The summed E-state index contributed by atoms with van der Waals surface area (Å²) >= 11 is 0. The van der Waals surface area contributed by atoms with Gasteiger partial charge in [0, 0.05) is 23.6 Å². The van der Waals surface area contributed by atoms with Gasteiger partial charge in [-0.2, -0.15) is 0 Å². The van der Waals surface area contributed by atoms with Crippen LogP contribution in [0.4, 0.5) is 4.79 Å². The number of aryl methyl sites for hydroxylation is 1. The highest BCUT2D eigenvalue weighted by Crippen LogP contribution is 2.40. The Morgan fingerprint density at radius 1 is 0.564 bits per heavy atom. The zero-order chi connectivity index (χ0) is 55.3. The number of hydrogen-bond donors (Lipinski definition) is 1. The second-order valence-electron chi connectivity index (χ2n) is 17.3. The number of esters is 1. The van der Waals surface area contributed by atoms with Gasteiger partial charge >= 0.3 is 12.1 Å². The normalized spacial score (nSPS) is 14.7. The smallest absolute Gasteiger partial charge is 0.458 e. The number of aromatic nitrogens is 2. The molecule has 1 aromatic carbocycles. The summed E-state index contributed by atoms with van der Waals surface area (Å²) in [4.78, 5) is 43.6. The van der Waals surface area contributed by atoms with Gasteiger partial charge in [-0.1, -0.05) is 13.8 Å². The Balaban J connectivity index is 0.731. The molecule has 78 heavy (non-hydrogen) atoms. The molecule has 0 unspecified atom stereocenters. The quantitative estimate of drug-likeness (QED) is 0.0379. The molecule has 0 saturated heterocycles. The molecule has 24 nitrogen and oxygen atoms in total. The predicted molar refractivity (Wildman–Crippen MR) is 279 cm³/mol. The average molecular weight is 1110 g/mol. The van der Waals surface area contributed by atoms with Gasteiger partial charge in [-0.05, 0) is 42.7 Å². The summed E-state index contributed by atoms with van der Waals surface area (Å²) in [6, 6.07) is 6.76. The van der Waals surface area contributed by atoms with E-state index in [2.05, 4.69) is 0 Å². The Morgan fingerprint density at radius 3 is 1.35 bits per heavy atom. The minimum Gasteiger partial charge on any atom is -0.458 e. The third-order valence-electron chi connectivity index (χ3n) is 12.0. The van der Waals surface area contributed by atoms with Crippen molar-refractivity contribution in [2.24, 2.45) is 0 Å². The van der Waals surface area contributed by atoms with Crippen LogP contribution in [0.3, 0.4) is 0 Å². The SMILES string of the molecule is CCc1c2c(nc3ccc(OC(=O)OCCOCCOCCOCCOCCOCCOCCOCCOCCOCCOCCOCCOCCOCCOCCOC)cc13)-c1cc3c(c(=O)n1C2)COC(=O)[C@]3(O)CC. The molecule has 2 aliphatic rings. The van der Waals surface area contributed by atoms with E-state index in [-0.39, 0.29) is 55.2 Å². The van der Waals surface area contributed by atoms with Crippen molar-refractivity contribution in [1.29, 1.82) is 0 Å². The molecule has 24 heteroatoms. The van der Waals surface area contributed by atoms with Gasteiger partial charge in [-0.15, -0.1) is 0 Å². The van der Waals surface area contributed by atoms with Crippen molar-refractivity contribution in [2.75, 3.05) is 205 Å². The van der Waals surface area contributed by atoms with Gasteiger partial charge in [-0.25, -0.2) is 14.6 Å². The fourth-order valence-corrected chi connectivity index (χ4v) is 8.02. The maximum absolute atomic E-state index is 13.6. The molecule has 0 spiro atoms. The van der Waals surface area contributed by atoms with E-state index in [1.54, 1.807) is 42.9 Å². The van der Waals surface area contributed by atoms with E-state index in [4.69, 9.17) is 90.2 Å². The number of cyclic esters (lactones) is 1. The lowest BCUT2D eigenvalue weighted by Crippen LogP contribution is -2.44. The Morgan fingerprint density at radius 2 is 0.962 bits per heavy atom. The standard InChI is InChI=1S/C54H82N2O22/c1-4-43-44-38-42(6-7-48(44)55-50-45(43)40-56-49(50)39-47-46(51(56)57)41-77-52(58)54(47,60)5-2)78-53(59)76-37-36-75-35-34-74-33-32-73-31-30-72-29-28-71-27-26-70-25-24-69-23-22-68-21-20-67-19-18-66-17-16-65-15-14-64-13-12-63-11-10-62-9-8-61-3/h6-7,38-39,60H,4-5,8-37,40-41H2,1-3H3/t54-/m0/s1. The lowest BCUT2D eigenvalue weighted by atomic mass is 9.86. The van der Waals surface area contributed by atoms with Crippen LogP contribution in [0.1, 0.15) is 42.5 Å². The molecule has 5 rings (SSSR count). The third kappa shape index (κ3) is 22.7. The lowest BCUT2D eigenvalue weighted by molar-refractivity contribution is -0.172. The highest BCUT2D eigenvalue weighted by Gasteiger charge is 2.45. The van der Waals surface area contributed by atoms with E-state index in [1.807, 2.05) is 6.92 Å². The number of ether oxygens (including phenoxy) is 18. The number of carbonyl (C=O) groups excluding carboxylic acids is 2. The highest BCUT2D eigenvalue weighted by molar-refractivity contribution is 5.90. The van der Waals surface area contributed by atoms with Crippen LogP contribution in [0, 0.1) is 0 Å². The molecule has 440 valence electrons. The van der Waals surface area contributed by atoms with Crippen LogP contribution < -0.4 is 10.3 Å². The number of hydrogen-bond acceptors (Lipinski definition) is 23. The zero-order valence-corrected chi connectivity index (χ0v) is 45.8. The van der Waals surface area contributed by atoms with Crippen molar-refractivity contribution >= 4 is 23.0 Å². The van der Waals surface area contributed by atoms with Crippen LogP contribution in [-0.4, -0.2) is 232 Å². The number of rotatable bonds is 48. The summed E-state index contributed by atoms with van der Waals surface area (Å²) in [6.45, 7) is 17.0.